The van der Waals surface area contributed by atoms with E-state index in [0.717, 1.165) is 19.3 Å². The average Bonchev–Trinajstić information content (AvgIpc) is 2.28. The van der Waals surface area contributed by atoms with Crippen LogP contribution in [0.3, 0.4) is 0 Å². The van der Waals surface area contributed by atoms with Crippen LogP contribution in [0.1, 0.15) is 52.9 Å². The van der Waals surface area contributed by atoms with Crippen LogP contribution < -0.4 is 5.32 Å². The third-order valence-electron chi connectivity index (χ3n) is 4.11. The predicted octanol–water partition coefficient (Wildman–Crippen LogP) is 1.77. The Morgan fingerprint density at radius 2 is 2.24 bits per heavy atom. The van der Waals surface area contributed by atoms with Gasteiger partial charge in [0.05, 0.1) is 6.61 Å². The first-order valence-corrected chi connectivity index (χ1v) is 6.51. The third-order valence-corrected chi connectivity index (χ3v) is 4.11. The Kier molecular flexibility index (Phi) is 4.55. The summed E-state index contributed by atoms with van der Waals surface area (Å²) in [6.45, 7) is 5.74. The van der Waals surface area contributed by atoms with E-state index in [9.17, 15) is 15.0 Å². The van der Waals surface area contributed by atoms with Gasteiger partial charge in [0, 0.05) is 5.54 Å². The Balaban J connectivity index is 2.83. The highest BCUT2D eigenvalue weighted by Gasteiger charge is 2.42. The van der Waals surface area contributed by atoms with Crippen molar-refractivity contribution in [3.8, 4) is 0 Å². The largest absolute Gasteiger partial charge is 0.480 e. The summed E-state index contributed by atoms with van der Waals surface area (Å²) < 4.78 is 0. The first-order chi connectivity index (χ1) is 7.87. The number of carbonyl (C=O) groups is 1. The molecule has 0 bridgehead atoms. The molecule has 3 atom stereocenters. The minimum Gasteiger partial charge on any atom is -0.480 e. The lowest BCUT2D eigenvalue weighted by Crippen LogP contribution is -2.63. The summed E-state index contributed by atoms with van der Waals surface area (Å²) in [5.74, 6) is -0.302. The van der Waals surface area contributed by atoms with Gasteiger partial charge in [-0.25, -0.2) is 0 Å². The summed E-state index contributed by atoms with van der Waals surface area (Å²) in [7, 11) is 0. The molecule has 0 aliphatic heterocycles. The van der Waals surface area contributed by atoms with Gasteiger partial charge in [0.15, 0.2) is 0 Å². The van der Waals surface area contributed by atoms with Crippen molar-refractivity contribution >= 4 is 5.97 Å². The summed E-state index contributed by atoms with van der Waals surface area (Å²) >= 11 is 0. The number of carboxylic acid groups (broad SMARTS) is 1. The minimum absolute atomic E-state index is 0.0141. The second kappa shape index (κ2) is 5.36. The first-order valence-electron chi connectivity index (χ1n) is 6.51. The fraction of sp³-hybridized carbons (Fsp3) is 0.923. The molecule has 1 aliphatic rings. The molecule has 0 aromatic carbocycles. The molecule has 1 fully saturated rings. The van der Waals surface area contributed by atoms with Gasteiger partial charge in [0.2, 0.25) is 0 Å². The number of rotatable bonds is 5. The maximum Gasteiger partial charge on any atom is 0.323 e. The molecule has 0 saturated heterocycles. The maximum absolute atomic E-state index is 11.3. The van der Waals surface area contributed by atoms with Crippen molar-refractivity contribution in [1.29, 1.82) is 0 Å². The van der Waals surface area contributed by atoms with Crippen LogP contribution in [0, 0.1) is 5.92 Å². The average molecular weight is 243 g/mol. The molecule has 4 nitrogen and oxygen atoms in total. The zero-order valence-corrected chi connectivity index (χ0v) is 11.1. The van der Waals surface area contributed by atoms with Crippen LogP contribution in [0.4, 0.5) is 0 Å². The molecule has 1 saturated carbocycles. The minimum atomic E-state index is -0.945. The molecular weight excluding hydrogens is 218 g/mol. The van der Waals surface area contributed by atoms with Crippen LogP contribution in [0.15, 0.2) is 0 Å². The van der Waals surface area contributed by atoms with Gasteiger partial charge in [-0.3, -0.25) is 10.1 Å². The lowest BCUT2D eigenvalue weighted by molar-refractivity contribution is -0.146. The molecular formula is C13H25NO3. The number of carboxylic acids is 1. The number of aliphatic hydroxyl groups excluding tert-OH is 1. The summed E-state index contributed by atoms with van der Waals surface area (Å²) in [6, 6.07) is 0. The van der Waals surface area contributed by atoms with Crippen molar-refractivity contribution in [2.24, 2.45) is 5.92 Å². The normalized spacial score (nSPS) is 33.1. The fourth-order valence-corrected chi connectivity index (χ4v) is 2.84. The Labute approximate surface area is 103 Å². The van der Waals surface area contributed by atoms with Gasteiger partial charge in [-0.05, 0) is 32.1 Å². The Morgan fingerprint density at radius 3 is 2.65 bits per heavy atom. The highest BCUT2D eigenvalue weighted by Crippen LogP contribution is 2.34. The lowest BCUT2D eigenvalue weighted by atomic mass is 9.75. The van der Waals surface area contributed by atoms with Crippen LogP contribution >= 0.6 is 0 Å². The van der Waals surface area contributed by atoms with E-state index in [-0.39, 0.29) is 6.61 Å². The molecule has 0 aromatic heterocycles. The summed E-state index contributed by atoms with van der Waals surface area (Å²) in [4.78, 5) is 11.3. The van der Waals surface area contributed by atoms with Crippen molar-refractivity contribution in [3.05, 3.63) is 0 Å². The number of hydrogen-bond acceptors (Lipinski definition) is 3. The molecule has 0 amide bonds. The van der Waals surface area contributed by atoms with E-state index in [1.165, 1.54) is 6.42 Å². The van der Waals surface area contributed by atoms with Crippen LogP contribution in [0.25, 0.3) is 0 Å². The number of aliphatic hydroxyl groups is 1. The molecule has 0 heterocycles. The molecule has 1 aliphatic carbocycles. The van der Waals surface area contributed by atoms with E-state index in [2.05, 4.69) is 12.2 Å². The lowest BCUT2D eigenvalue weighted by Gasteiger charge is -2.44. The smallest absolute Gasteiger partial charge is 0.323 e. The molecule has 17 heavy (non-hydrogen) atoms. The number of nitrogens with one attached hydrogen (secondary N) is 1. The standard InChI is InChI=1S/C13H25NO3/c1-4-12(3,11(16)17)14-13(9-15)7-5-6-10(2)8-13/h10,14-15H,4-9H2,1-3H3,(H,16,17). The number of aliphatic carboxylic acids is 1. The van der Waals surface area contributed by atoms with E-state index in [1.54, 1.807) is 6.92 Å². The van der Waals surface area contributed by atoms with E-state index in [0.29, 0.717) is 12.3 Å². The maximum atomic E-state index is 11.3. The summed E-state index contributed by atoms with van der Waals surface area (Å²) in [6.07, 6.45) is 4.44. The van der Waals surface area contributed by atoms with Crippen LogP contribution in [-0.2, 0) is 4.79 Å². The molecule has 1 rings (SSSR count). The molecule has 4 heteroatoms. The third kappa shape index (κ3) is 3.19. The van der Waals surface area contributed by atoms with Crippen molar-refractivity contribution in [2.75, 3.05) is 6.61 Å². The van der Waals surface area contributed by atoms with Crippen molar-refractivity contribution in [3.63, 3.8) is 0 Å². The van der Waals surface area contributed by atoms with Gasteiger partial charge in [0.25, 0.3) is 0 Å². The molecule has 3 unspecified atom stereocenters. The highest BCUT2D eigenvalue weighted by atomic mass is 16.4. The van der Waals surface area contributed by atoms with Crippen LogP contribution in [0.2, 0.25) is 0 Å². The SMILES string of the molecule is CCC(C)(NC1(CO)CCCC(C)C1)C(=O)O. The van der Waals surface area contributed by atoms with Crippen molar-refractivity contribution in [1.82, 2.24) is 5.32 Å². The highest BCUT2D eigenvalue weighted by molar-refractivity contribution is 5.78. The first kappa shape index (κ1) is 14.5. The Morgan fingerprint density at radius 1 is 1.59 bits per heavy atom. The molecule has 3 N–H and O–H groups in total. The van der Waals surface area contributed by atoms with Gasteiger partial charge in [-0.2, -0.15) is 0 Å². The van der Waals surface area contributed by atoms with E-state index >= 15 is 0 Å². The van der Waals surface area contributed by atoms with E-state index in [4.69, 9.17) is 0 Å². The van der Waals surface area contributed by atoms with Crippen molar-refractivity contribution < 1.29 is 15.0 Å². The van der Waals surface area contributed by atoms with Crippen molar-refractivity contribution in [2.45, 2.75) is 64.0 Å². The zero-order chi connectivity index (χ0) is 13.1. The Bertz CT molecular complexity index is 282. The van der Waals surface area contributed by atoms with Crippen LogP contribution in [0.5, 0.6) is 0 Å². The zero-order valence-electron chi connectivity index (χ0n) is 11.1. The van der Waals surface area contributed by atoms with Gasteiger partial charge in [-0.1, -0.05) is 26.7 Å². The second-order valence-electron chi connectivity index (χ2n) is 5.76. The molecule has 0 aromatic rings. The second-order valence-corrected chi connectivity index (χ2v) is 5.76. The van der Waals surface area contributed by atoms with Crippen LogP contribution in [-0.4, -0.2) is 33.9 Å². The summed E-state index contributed by atoms with van der Waals surface area (Å²) in [5.41, 5.74) is -1.36. The Hall–Kier alpha value is -0.610. The topological polar surface area (TPSA) is 69.6 Å². The fourth-order valence-electron chi connectivity index (χ4n) is 2.84. The molecule has 0 spiro atoms. The van der Waals surface area contributed by atoms with Gasteiger partial charge < -0.3 is 10.2 Å². The van der Waals surface area contributed by atoms with E-state index < -0.39 is 17.0 Å². The van der Waals surface area contributed by atoms with Gasteiger partial charge >= 0.3 is 5.97 Å². The predicted molar refractivity (Wildman–Crippen MR) is 66.9 cm³/mol. The summed E-state index contributed by atoms with van der Waals surface area (Å²) in [5, 5.41) is 22.2. The van der Waals surface area contributed by atoms with Gasteiger partial charge in [0.1, 0.15) is 5.54 Å². The van der Waals surface area contributed by atoms with E-state index in [1.807, 2.05) is 6.92 Å². The number of hydrogen-bond donors (Lipinski definition) is 3. The quantitative estimate of drug-likeness (QED) is 0.688. The van der Waals surface area contributed by atoms with Gasteiger partial charge in [-0.15, -0.1) is 0 Å². The molecule has 0 radical (unpaired) electrons. The monoisotopic (exact) mass is 243 g/mol. The molecule has 100 valence electrons.